The van der Waals surface area contributed by atoms with Gasteiger partial charge in [-0.15, -0.1) is 0 Å². The minimum atomic E-state index is -1.87. The number of benzene rings is 4. The molecule has 0 nitrogen and oxygen atoms in total. The van der Waals surface area contributed by atoms with Crippen molar-refractivity contribution in [2.75, 3.05) is 0 Å². The van der Waals surface area contributed by atoms with E-state index in [9.17, 15) is 0 Å². The summed E-state index contributed by atoms with van der Waals surface area (Å²) in [4.78, 5) is 0. The van der Waals surface area contributed by atoms with Gasteiger partial charge in [0.2, 0.25) is 0 Å². The van der Waals surface area contributed by atoms with Crippen molar-refractivity contribution in [2.45, 2.75) is 23.9 Å². The van der Waals surface area contributed by atoms with Gasteiger partial charge in [-0.25, -0.2) is 0 Å². The Hall–Kier alpha value is -1.70. The number of fused-ring (bicyclic) bond motifs is 4. The smallest absolute Gasteiger partial charge is 1.00 e. The minimum absolute atomic E-state index is 0. The molecule has 2 heterocycles. The molecule has 4 aromatic carbocycles. The van der Waals surface area contributed by atoms with Gasteiger partial charge in [-0.3, -0.25) is 0 Å². The van der Waals surface area contributed by atoms with Gasteiger partial charge in [0.05, 0.1) is 0 Å². The molecule has 1 aliphatic carbocycles. The second kappa shape index (κ2) is 9.07. The Labute approximate surface area is 223 Å². The zero-order valence-corrected chi connectivity index (χ0v) is 24.4. The topological polar surface area (TPSA) is 0 Å². The van der Waals surface area contributed by atoms with Crippen molar-refractivity contribution in [1.29, 1.82) is 0 Å². The largest absolute Gasteiger partial charge is 1.00 e. The van der Waals surface area contributed by atoms with Gasteiger partial charge in [-0.1, -0.05) is 0 Å². The van der Waals surface area contributed by atoms with Gasteiger partial charge in [-0.05, 0) is 0 Å². The Balaban J connectivity index is 0.00000120. The molecule has 0 saturated heterocycles. The molecular formula is C30H25Cl2SiZr. The predicted molar refractivity (Wildman–Crippen MR) is 136 cm³/mol. The van der Waals surface area contributed by atoms with Gasteiger partial charge in [0.25, 0.3) is 0 Å². The summed E-state index contributed by atoms with van der Waals surface area (Å²) in [6.07, 6.45) is 3.77. The SMILES string of the molecule is CCC1=Cc2c(ccc(C)c2-c2ccccc2)[CH]1[Zr+2]1[c]2cccc3c2[SiH]1c1ccccc1-3.[Cl-].[Cl-]. The molecule has 34 heavy (non-hydrogen) atoms. The summed E-state index contributed by atoms with van der Waals surface area (Å²) >= 11 is -1.87. The van der Waals surface area contributed by atoms with Crippen molar-refractivity contribution in [2.24, 2.45) is 0 Å². The van der Waals surface area contributed by atoms with Crippen molar-refractivity contribution in [3.05, 3.63) is 107 Å². The van der Waals surface area contributed by atoms with Crippen LogP contribution in [-0.2, 0) is 20.9 Å². The van der Waals surface area contributed by atoms with Crippen LogP contribution in [0, 0.1) is 6.92 Å². The van der Waals surface area contributed by atoms with Crippen LogP contribution < -0.4 is 38.5 Å². The summed E-state index contributed by atoms with van der Waals surface area (Å²) in [5, 5.41) is 3.58. The second-order valence-electron chi connectivity index (χ2n) is 9.37. The Bertz CT molecular complexity index is 1440. The first-order chi connectivity index (χ1) is 15.8. The fraction of sp³-hybridized carbons (Fsp3) is 0.133. The average Bonchev–Trinajstić information content (AvgIpc) is 3.34. The normalized spacial score (nSPS) is 18.1. The van der Waals surface area contributed by atoms with Gasteiger partial charge < -0.3 is 24.8 Å². The summed E-state index contributed by atoms with van der Waals surface area (Å²) in [5.41, 5.74) is 12.2. The van der Waals surface area contributed by atoms with Crippen molar-refractivity contribution < 1.29 is 45.7 Å². The molecule has 4 heteroatoms. The molecule has 3 aliphatic rings. The first-order valence-corrected chi connectivity index (χ1v) is 20.4. The summed E-state index contributed by atoms with van der Waals surface area (Å²) < 4.78 is 2.56. The molecule has 0 spiro atoms. The van der Waals surface area contributed by atoms with Crippen LogP contribution in [-0.4, -0.2) is 5.92 Å². The maximum Gasteiger partial charge on any atom is -1.00 e. The molecule has 0 N–H and O–H groups in total. The number of hydrogen-bond donors (Lipinski definition) is 0. The predicted octanol–water partition coefficient (Wildman–Crippen LogP) is -0.706. The molecule has 4 aromatic rings. The van der Waals surface area contributed by atoms with E-state index in [0.29, 0.717) is 0 Å². The van der Waals surface area contributed by atoms with Crippen LogP contribution in [0.25, 0.3) is 28.3 Å². The molecule has 0 fully saturated rings. The van der Waals surface area contributed by atoms with Crippen LogP contribution in [0.4, 0.5) is 0 Å². The van der Waals surface area contributed by atoms with E-state index in [2.05, 4.69) is 105 Å². The van der Waals surface area contributed by atoms with E-state index in [1.165, 1.54) is 28.7 Å². The van der Waals surface area contributed by atoms with E-state index in [1.54, 1.807) is 27.5 Å². The van der Waals surface area contributed by atoms with Crippen LogP contribution in [0.15, 0.2) is 90.5 Å². The molecule has 2 aliphatic heterocycles. The Morgan fingerprint density at radius 1 is 0.794 bits per heavy atom. The second-order valence-corrected chi connectivity index (χ2v) is 24.4. The number of aryl methyl sites for hydroxylation is 1. The average molecular weight is 576 g/mol. The fourth-order valence-corrected chi connectivity index (χ4v) is 32.9. The Morgan fingerprint density at radius 2 is 1.53 bits per heavy atom. The molecule has 0 aromatic heterocycles. The maximum absolute atomic E-state index is 2.60. The Kier molecular flexibility index (Phi) is 6.40. The van der Waals surface area contributed by atoms with E-state index in [1.807, 2.05) is 8.46 Å². The number of halogens is 2. The van der Waals surface area contributed by atoms with E-state index in [0.717, 1.165) is 3.63 Å². The monoisotopic (exact) mass is 573 g/mol. The molecule has 7 rings (SSSR count). The molecular weight excluding hydrogens is 551 g/mol. The van der Waals surface area contributed by atoms with Gasteiger partial charge in [0.1, 0.15) is 0 Å². The number of allylic oxidation sites excluding steroid dienone is 1. The molecule has 0 radical (unpaired) electrons. The third-order valence-corrected chi connectivity index (χ3v) is 30.1. The summed E-state index contributed by atoms with van der Waals surface area (Å²) in [6, 6.07) is 32.6. The number of rotatable bonds is 3. The third kappa shape index (κ3) is 3.19. The van der Waals surface area contributed by atoms with E-state index < -0.39 is 26.8 Å². The van der Waals surface area contributed by atoms with Crippen LogP contribution in [0.5, 0.6) is 0 Å². The summed E-state index contributed by atoms with van der Waals surface area (Å²) in [5.74, 6) is -1.01. The summed E-state index contributed by atoms with van der Waals surface area (Å²) in [7, 11) is 0. The quantitative estimate of drug-likeness (QED) is 0.284. The molecule has 0 amide bonds. The van der Waals surface area contributed by atoms with Gasteiger partial charge >= 0.3 is 200 Å². The van der Waals surface area contributed by atoms with Crippen LogP contribution in [0.1, 0.15) is 33.7 Å². The molecule has 0 saturated carbocycles. The van der Waals surface area contributed by atoms with Crippen molar-refractivity contribution in [3.63, 3.8) is 0 Å². The van der Waals surface area contributed by atoms with E-state index >= 15 is 0 Å². The van der Waals surface area contributed by atoms with Crippen molar-refractivity contribution >= 4 is 25.6 Å². The van der Waals surface area contributed by atoms with Crippen molar-refractivity contribution in [1.82, 2.24) is 0 Å². The van der Waals surface area contributed by atoms with Gasteiger partial charge in [-0.2, -0.15) is 0 Å². The van der Waals surface area contributed by atoms with E-state index in [-0.39, 0.29) is 24.8 Å². The molecule has 2 atom stereocenters. The molecule has 0 bridgehead atoms. The Morgan fingerprint density at radius 3 is 2.32 bits per heavy atom. The van der Waals surface area contributed by atoms with Gasteiger partial charge in [0, 0.05) is 0 Å². The van der Waals surface area contributed by atoms with Crippen LogP contribution >= 0.6 is 0 Å². The minimum Gasteiger partial charge on any atom is -1.00 e. The van der Waals surface area contributed by atoms with Crippen molar-refractivity contribution in [3.8, 4) is 22.3 Å². The maximum atomic E-state index is 2.60. The third-order valence-electron chi connectivity index (χ3n) is 7.86. The first kappa shape index (κ1) is 24.0. The zero-order valence-electron chi connectivity index (χ0n) is 19.3. The van der Waals surface area contributed by atoms with Gasteiger partial charge in [0.15, 0.2) is 0 Å². The number of hydrogen-bond acceptors (Lipinski definition) is 0. The molecule has 2 unspecified atom stereocenters. The standard InChI is InChI=1S/C18H17.C12H8Si.2ClH.Zr/c1-3-14-11-16-10-9-13(2)18(17(16)12-14)15-7-5-4-6-8-15;1-3-7-11-9(5-1)10-6-2-4-8-12(10)13-11;;;/h4-12H,3H2,1-2H3;1-7,13H;2*1H;/q;;;;+2/p-2. The first-order valence-electron chi connectivity index (χ1n) is 11.8. The van der Waals surface area contributed by atoms with E-state index in [4.69, 9.17) is 0 Å². The van der Waals surface area contributed by atoms with Crippen LogP contribution in [0.2, 0.25) is 0 Å². The van der Waals surface area contributed by atoms with Crippen LogP contribution in [0.3, 0.4) is 0 Å². The summed E-state index contributed by atoms with van der Waals surface area (Å²) in [6.45, 7) is 4.66. The fourth-order valence-electron chi connectivity index (χ4n) is 6.52. The zero-order chi connectivity index (χ0) is 21.4. The molecule has 167 valence electrons.